The summed E-state index contributed by atoms with van der Waals surface area (Å²) in [5, 5.41) is 3.64. The number of hydrogen-bond acceptors (Lipinski definition) is 3. The molecule has 0 aliphatic carbocycles. The number of carbonyl (C=O) groups is 2. The summed E-state index contributed by atoms with van der Waals surface area (Å²) < 4.78 is 0. The Morgan fingerprint density at radius 2 is 1.70 bits per heavy atom. The van der Waals surface area contributed by atoms with E-state index in [9.17, 15) is 9.59 Å². The van der Waals surface area contributed by atoms with Crippen LogP contribution < -0.4 is 10.2 Å². The second-order valence-electron chi connectivity index (χ2n) is 6.99. The number of nitrogens with zero attached hydrogens (tertiary/aromatic N) is 2. The number of piperidine rings is 1. The average molecular weight is 386 g/mol. The van der Waals surface area contributed by atoms with Gasteiger partial charge in [0.15, 0.2) is 0 Å². The Morgan fingerprint density at radius 3 is 2.30 bits per heavy atom. The van der Waals surface area contributed by atoms with Crippen LogP contribution in [0.5, 0.6) is 0 Å². The van der Waals surface area contributed by atoms with Gasteiger partial charge in [0.2, 0.25) is 0 Å². The molecule has 2 aromatic carbocycles. The molecular formula is C21H24ClN3O2. The van der Waals surface area contributed by atoms with Crippen molar-refractivity contribution >= 4 is 29.1 Å². The molecule has 1 aliphatic heterocycles. The maximum Gasteiger partial charge on any atom is 0.253 e. The lowest BCUT2D eigenvalue weighted by atomic mass is 10.0. The van der Waals surface area contributed by atoms with E-state index in [1.54, 1.807) is 24.3 Å². The van der Waals surface area contributed by atoms with Crippen molar-refractivity contribution in [3.05, 3.63) is 64.7 Å². The molecule has 1 aliphatic rings. The van der Waals surface area contributed by atoms with Gasteiger partial charge >= 0.3 is 0 Å². The van der Waals surface area contributed by atoms with Crippen molar-refractivity contribution in [1.29, 1.82) is 0 Å². The Labute approximate surface area is 164 Å². The van der Waals surface area contributed by atoms with Crippen LogP contribution in [0.4, 0.5) is 5.69 Å². The third kappa shape index (κ3) is 4.80. The van der Waals surface area contributed by atoms with Gasteiger partial charge in [0.1, 0.15) is 0 Å². The minimum atomic E-state index is -0.0695. The molecule has 0 unspecified atom stereocenters. The van der Waals surface area contributed by atoms with Gasteiger partial charge < -0.3 is 15.1 Å². The summed E-state index contributed by atoms with van der Waals surface area (Å²) in [5.74, 6) is -0.0820. The number of benzene rings is 2. The van der Waals surface area contributed by atoms with Gasteiger partial charge in [-0.2, -0.15) is 0 Å². The van der Waals surface area contributed by atoms with Crippen molar-refractivity contribution in [3.63, 3.8) is 0 Å². The lowest BCUT2D eigenvalue weighted by molar-refractivity contribution is 0.0698. The fourth-order valence-corrected chi connectivity index (χ4v) is 3.40. The number of rotatable bonds is 4. The molecule has 0 radical (unpaired) electrons. The fraction of sp³-hybridized carbons (Fsp3) is 0.333. The first kappa shape index (κ1) is 19.2. The van der Waals surface area contributed by atoms with Crippen LogP contribution in [-0.4, -0.2) is 49.9 Å². The molecule has 1 heterocycles. The molecule has 0 spiro atoms. The summed E-state index contributed by atoms with van der Waals surface area (Å²) in [6.45, 7) is 1.24. The largest absolute Gasteiger partial charge is 0.378 e. The highest BCUT2D eigenvalue weighted by molar-refractivity contribution is 6.30. The molecule has 1 N–H and O–H groups in total. The molecule has 0 aromatic heterocycles. The van der Waals surface area contributed by atoms with Gasteiger partial charge in [-0.15, -0.1) is 0 Å². The summed E-state index contributed by atoms with van der Waals surface area (Å²) >= 11 is 5.97. The quantitative estimate of drug-likeness (QED) is 0.877. The molecule has 0 atom stereocenters. The Bertz CT molecular complexity index is 812. The van der Waals surface area contributed by atoms with E-state index in [2.05, 4.69) is 5.32 Å². The Kier molecular flexibility index (Phi) is 6.01. The Balaban J connectivity index is 1.53. The highest BCUT2D eigenvalue weighted by atomic mass is 35.5. The van der Waals surface area contributed by atoms with Crippen LogP contribution in [0.1, 0.15) is 33.6 Å². The van der Waals surface area contributed by atoms with E-state index in [0.717, 1.165) is 18.5 Å². The van der Waals surface area contributed by atoms with Crippen molar-refractivity contribution < 1.29 is 9.59 Å². The highest BCUT2D eigenvalue weighted by Gasteiger charge is 2.25. The standard InChI is InChI=1S/C21H24ClN3O2/c1-24(2)19-8-6-15(7-9-19)20(26)23-18-10-12-25(13-11-18)21(27)16-4-3-5-17(22)14-16/h3-9,14,18H,10-13H2,1-2H3,(H,23,26). The molecule has 142 valence electrons. The lowest BCUT2D eigenvalue weighted by Crippen LogP contribution is -2.46. The number of hydrogen-bond donors (Lipinski definition) is 1. The molecule has 3 rings (SSSR count). The summed E-state index contributed by atoms with van der Waals surface area (Å²) in [6, 6.07) is 14.6. The van der Waals surface area contributed by atoms with Crippen molar-refractivity contribution in [2.45, 2.75) is 18.9 Å². The van der Waals surface area contributed by atoms with Gasteiger partial charge in [-0.05, 0) is 55.3 Å². The van der Waals surface area contributed by atoms with E-state index in [0.29, 0.717) is 29.2 Å². The topological polar surface area (TPSA) is 52.7 Å². The summed E-state index contributed by atoms with van der Waals surface area (Å²) in [7, 11) is 3.93. The molecule has 1 saturated heterocycles. The lowest BCUT2D eigenvalue weighted by Gasteiger charge is -2.32. The fourth-order valence-electron chi connectivity index (χ4n) is 3.21. The number of carbonyl (C=O) groups excluding carboxylic acids is 2. The molecule has 1 fully saturated rings. The first-order chi connectivity index (χ1) is 12.9. The summed E-state index contributed by atoms with van der Waals surface area (Å²) in [4.78, 5) is 28.8. The third-order valence-electron chi connectivity index (χ3n) is 4.83. The zero-order valence-electron chi connectivity index (χ0n) is 15.6. The second kappa shape index (κ2) is 8.44. The van der Waals surface area contributed by atoms with Crippen molar-refractivity contribution in [2.75, 3.05) is 32.1 Å². The van der Waals surface area contributed by atoms with Crippen LogP contribution in [0.25, 0.3) is 0 Å². The van der Waals surface area contributed by atoms with Crippen LogP contribution >= 0.6 is 11.6 Å². The first-order valence-electron chi connectivity index (χ1n) is 9.07. The first-order valence-corrected chi connectivity index (χ1v) is 9.45. The maximum atomic E-state index is 12.6. The molecule has 2 aromatic rings. The number of amides is 2. The SMILES string of the molecule is CN(C)c1ccc(C(=O)NC2CCN(C(=O)c3cccc(Cl)c3)CC2)cc1. The van der Waals surface area contributed by atoms with E-state index >= 15 is 0 Å². The number of anilines is 1. The minimum Gasteiger partial charge on any atom is -0.378 e. The van der Waals surface area contributed by atoms with Crippen LogP contribution in [-0.2, 0) is 0 Å². The van der Waals surface area contributed by atoms with Crippen LogP contribution in [0.2, 0.25) is 5.02 Å². The highest BCUT2D eigenvalue weighted by Crippen LogP contribution is 2.18. The average Bonchev–Trinajstić information content (AvgIpc) is 2.68. The van der Waals surface area contributed by atoms with E-state index < -0.39 is 0 Å². The Morgan fingerprint density at radius 1 is 1.04 bits per heavy atom. The van der Waals surface area contributed by atoms with Gasteiger partial charge in [0.05, 0.1) is 0 Å². The molecule has 5 nitrogen and oxygen atoms in total. The van der Waals surface area contributed by atoms with Gasteiger partial charge in [-0.1, -0.05) is 17.7 Å². The molecule has 2 amide bonds. The van der Waals surface area contributed by atoms with Gasteiger partial charge in [0, 0.05) is 55.1 Å². The van der Waals surface area contributed by atoms with E-state index in [4.69, 9.17) is 11.6 Å². The Hall–Kier alpha value is -2.53. The van der Waals surface area contributed by atoms with Crippen molar-refractivity contribution in [1.82, 2.24) is 10.2 Å². The number of nitrogens with one attached hydrogen (secondary N) is 1. The van der Waals surface area contributed by atoms with Crippen LogP contribution in [0.15, 0.2) is 48.5 Å². The van der Waals surface area contributed by atoms with Crippen molar-refractivity contribution in [2.24, 2.45) is 0 Å². The molecule has 0 bridgehead atoms. The zero-order valence-corrected chi connectivity index (χ0v) is 16.4. The zero-order chi connectivity index (χ0) is 19.4. The molecule has 27 heavy (non-hydrogen) atoms. The molecular weight excluding hydrogens is 362 g/mol. The smallest absolute Gasteiger partial charge is 0.253 e. The molecule has 6 heteroatoms. The van der Waals surface area contributed by atoms with E-state index in [1.807, 2.05) is 48.2 Å². The normalized spacial score (nSPS) is 14.7. The van der Waals surface area contributed by atoms with Gasteiger partial charge in [-0.25, -0.2) is 0 Å². The monoisotopic (exact) mass is 385 g/mol. The minimum absolute atomic E-state index is 0.0125. The third-order valence-corrected chi connectivity index (χ3v) is 5.07. The number of halogens is 1. The van der Waals surface area contributed by atoms with Crippen molar-refractivity contribution in [3.8, 4) is 0 Å². The number of likely N-dealkylation sites (tertiary alicyclic amines) is 1. The second-order valence-corrected chi connectivity index (χ2v) is 7.43. The van der Waals surface area contributed by atoms with E-state index in [-0.39, 0.29) is 17.9 Å². The molecule has 0 saturated carbocycles. The maximum absolute atomic E-state index is 12.6. The summed E-state index contributed by atoms with van der Waals surface area (Å²) in [6.07, 6.45) is 1.49. The van der Waals surface area contributed by atoms with Crippen LogP contribution in [0, 0.1) is 0 Å². The van der Waals surface area contributed by atoms with E-state index in [1.165, 1.54) is 0 Å². The van der Waals surface area contributed by atoms with Crippen LogP contribution in [0.3, 0.4) is 0 Å². The van der Waals surface area contributed by atoms with Gasteiger partial charge in [-0.3, -0.25) is 9.59 Å². The predicted octanol–water partition coefficient (Wildman–Crippen LogP) is 3.44. The predicted molar refractivity (Wildman–Crippen MR) is 109 cm³/mol. The van der Waals surface area contributed by atoms with Gasteiger partial charge in [0.25, 0.3) is 11.8 Å². The summed E-state index contributed by atoms with van der Waals surface area (Å²) in [5.41, 5.74) is 2.31.